The molecule has 6 heteroatoms. The first-order valence-corrected chi connectivity index (χ1v) is 7.56. The zero-order valence-corrected chi connectivity index (χ0v) is 12.6. The molecule has 2 aliphatic heterocycles. The number of carbonyl (C=O) groups is 1. The molecule has 2 fully saturated rings. The Bertz CT molecular complexity index is 576. The Morgan fingerprint density at radius 1 is 1.27 bits per heavy atom. The second-order valence-electron chi connectivity index (χ2n) is 6.26. The van der Waals surface area contributed by atoms with Crippen molar-refractivity contribution in [2.45, 2.75) is 31.7 Å². The topological polar surface area (TPSA) is 43.8 Å². The van der Waals surface area contributed by atoms with Crippen molar-refractivity contribution in [2.24, 2.45) is 0 Å². The minimum Gasteiger partial charge on any atom is -0.478 e. The molecule has 22 heavy (non-hydrogen) atoms. The number of alkyl halides is 2. The van der Waals surface area contributed by atoms with Gasteiger partial charge in [-0.1, -0.05) is 6.07 Å². The molecule has 1 aromatic carbocycles. The van der Waals surface area contributed by atoms with Crippen LogP contribution in [-0.4, -0.2) is 54.1 Å². The maximum Gasteiger partial charge on any atom is 0.336 e. The molecule has 0 aromatic heterocycles. The molecule has 2 aliphatic rings. The number of rotatable bonds is 3. The van der Waals surface area contributed by atoms with Crippen molar-refractivity contribution in [2.75, 3.05) is 31.1 Å². The van der Waals surface area contributed by atoms with Crippen LogP contribution in [0.1, 0.15) is 28.8 Å². The van der Waals surface area contributed by atoms with E-state index in [9.17, 15) is 13.6 Å². The number of halogens is 2. The zero-order chi connectivity index (χ0) is 15.9. The van der Waals surface area contributed by atoms with Gasteiger partial charge in [-0.2, -0.15) is 0 Å². The van der Waals surface area contributed by atoms with Crippen LogP contribution >= 0.6 is 0 Å². The standard InChI is InChI=1S/C16H20F2N2O2/c1-11-2-3-12(8-14(11)15(21)22)20-9-13(10-20)19-6-4-16(17,18)5-7-19/h2-3,8,13H,4-7,9-10H2,1H3,(H,21,22). The number of hydrogen-bond acceptors (Lipinski definition) is 3. The highest BCUT2D eigenvalue weighted by Crippen LogP contribution is 2.32. The number of likely N-dealkylation sites (tertiary alicyclic amines) is 1. The highest BCUT2D eigenvalue weighted by molar-refractivity contribution is 5.90. The molecule has 0 aliphatic carbocycles. The number of hydrogen-bond donors (Lipinski definition) is 1. The summed E-state index contributed by atoms with van der Waals surface area (Å²) in [5, 5.41) is 9.17. The van der Waals surface area contributed by atoms with E-state index in [1.165, 1.54) is 0 Å². The summed E-state index contributed by atoms with van der Waals surface area (Å²) in [6.45, 7) is 4.21. The Morgan fingerprint density at radius 2 is 1.91 bits per heavy atom. The smallest absolute Gasteiger partial charge is 0.336 e. The molecule has 0 unspecified atom stereocenters. The van der Waals surface area contributed by atoms with E-state index in [1.54, 1.807) is 13.0 Å². The number of anilines is 1. The van der Waals surface area contributed by atoms with Crippen molar-refractivity contribution >= 4 is 11.7 Å². The van der Waals surface area contributed by atoms with Gasteiger partial charge in [-0.15, -0.1) is 0 Å². The first kappa shape index (κ1) is 15.2. The lowest BCUT2D eigenvalue weighted by Crippen LogP contribution is -2.61. The number of carboxylic acids is 1. The molecule has 0 amide bonds. The van der Waals surface area contributed by atoms with Gasteiger partial charge < -0.3 is 10.0 Å². The van der Waals surface area contributed by atoms with Crippen LogP contribution in [0.4, 0.5) is 14.5 Å². The van der Waals surface area contributed by atoms with Gasteiger partial charge in [0, 0.05) is 50.7 Å². The Hall–Kier alpha value is -1.69. The lowest BCUT2D eigenvalue weighted by atomic mass is 9.99. The van der Waals surface area contributed by atoms with Crippen molar-refractivity contribution < 1.29 is 18.7 Å². The van der Waals surface area contributed by atoms with Crippen molar-refractivity contribution in [3.63, 3.8) is 0 Å². The normalized spacial score (nSPS) is 22.4. The number of piperidine rings is 1. The van der Waals surface area contributed by atoms with E-state index in [0.29, 0.717) is 24.7 Å². The summed E-state index contributed by atoms with van der Waals surface area (Å²) in [5.41, 5.74) is 1.95. The molecular weight excluding hydrogens is 290 g/mol. The Balaban J connectivity index is 1.60. The molecule has 2 heterocycles. The molecule has 4 nitrogen and oxygen atoms in total. The number of aryl methyl sites for hydroxylation is 1. The van der Waals surface area contributed by atoms with Gasteiger partial charge >= 0.3 is 5.97 Å². The fraction of sp³-hybridized carbons (Fsp3) is 0.562. The van der Waals surface area contributed by atoms with E-state index in [-0.39, 0.29) is 12.8 Å². The summed E-state index contributed by atoms with van der Waals surface area (Å²) in [4.78, 5) is 15.4. The van der Waals surface area contributed by atoms with E-state index in [4.69, 9.17) is 5.11 Å². The number of nitrogens with zero attached hydrogens (tertiary/aromatic N) is 2. The lowest BCUT2D eigenvalue weighted by Gasteiger charge is -2.48. The predicted molar refractivity (Wildman–Crippen MR) is 79.9 cm³/mol. The highest BCUT2D eigenvalue weighted by Gasteiger charge is 2.39. The molecule has 1 N–H and O–H groups in total. The summed E-state index contributed by atoms with van der Waals surface area (Å²) in [7, 11) is 0. The molecule has 0 bridgehead atoms. The second-order valence-corrected chi connectivity index (χ2v) is 6.26. The van der Waals surface area contributed by atoms with E-state index in [2.05, 4.69) is 9.80 Å². The SMILES string of the molecule is Cc1ccc(N2CC(N3CCC(F)(F)CC3)C2)cc1C(=O)O. The van der Waals surface area contributed by atoms with Gasteiger partial charge in [0.15, 0.2) is 0 Å². The van der Waals surface area contributed by atoms with Crippen LogP contribution in [0.3, 0.4) is 0 Å². The quantitative estimate of drug-likeness (QED) is 0.932. The van der Waals surface area contributed by atoms with Crippen LogP contribution in [0.25, 0.3) is 0 Å². The molecule has 2 saturated heterocycles. The maximum atomic E-state index is 13.2. The summed E-state index contributed by atoms with van der Waals surface area (Å²) in [6, 6.07) is 5.72. The van der Waals surface area contributed by atoms with E-state index in [1.807, 2.05) is 12.1 Å². The first-order chi connectivity index (χ1) is 10.4. The average molecular weight is 310 g/mol. The number of carboxylic acid groups (broad SMARTS) is 1. The molecule has 1 aromatic rings. The number of benzene rings is 1. The minimum absolute atomic E-state index is 0.0583. The molecule has 0 saturated carbocycles. The fourth-order valence-corrected chi connectivity index (χ4v) is 3.15. The third-order valence-corrected chi connectivity index (χ3v) is 4.72. The summed E-state index contributed by atoms with van der Waals surface area (Å²) in [5.74, 6) is -3.43. The summed E-state index contributed by atoms with van der Waals surface area (Å²) in [6.07, 6.45) is -0.117. The first-order valence-electron chi connectivity index (χ1n) is 7.56. The molecule has 0 spiro atoms. The highest BCUT2D eigenvalue weighted by atomic mass is 19.3. The molecule has 3 rings (SSSR count). The van der Waals surface area contributed by atoms with Gasteiger partial charge in [0.1, 0.15) is 0 Å². The average Bonchev–Trinajstić information content (AvgIpc) is 2.40. The van der Waals surface area contributed by atoms with E-state index < -0.39 is 11.9 Å². The van der Waals surface area contributed by atoms with Gasteiger partial charge in [0.25, 0.3) is 5.92 Å². The summed E-state index contributed by atoms with van der Waals surface area (Å²) < 4.78 is 26.3. The molecular formula is C16H20F2N2O2. The van der Waals surface area contributed by atoms with Crippen molar-refractivity contribution in [3.8, 4) is 0 Å². The van der Waals surface area contributed by atoms with Gasteiger partial charge in [0.2, 0.25) is 0 Å². The molecule has 0 radical (unpaired) electrons. The van der Waals surface area contributed by atoms with E-state index in [0.717, 1.165) is 24.3 Å². The molecule has 120 valence electrons. The predicted octanol–water partition coefficient (Wildman–Crippen LogP) is 2.61. The van der Waals surface area contributed by atoms with Crippen LogP contribution in [0.5, 0.6) is 0 Å². The molecule has 0 atom stereocenters. The van der Waals surface area contributed by atoms with Crippen molar-refractivity contribution in [1.82, 2.24) is 4.90 Å². The number of aromatic carboxylic acids is 1. The van der Waals surface area contributed by atoms with Crippen LogP contribution in [0.15, 0.2) is 18.2 Å². The second kappa shape index (κ2) is 5.50. The van der Waals surface area contributed by atoms with Crippen LogP contribution < -0.4 is 4.90 Å². The van der Waals surface area contributed by atoms with Gasteiger partial charge in [-0.25, -0.2) is 13.6 Å². The van der Waals surface area contributed by atoms with Crippen LogP contribution in [0.2, 0.25) is 0 Å². The zero-order valence-electron chi connectivity index (χ0n) is 12.6. The van der Waals surface area contributed by atoms with Gasteiger partial charge in [-0.3, -0.25) is 4.90 Å². The minimum atomic E-state index is -2.51. The Morgan fingerprint density at radius 3 is 2.50 bits per heavy atom. The van der Waals surface area contributed by atoms with Crippen LogP contribution in [-0.2, 0) is 0 Å². The van der Waals surface area contributed by atoms with E-state index >= 15 is 0 Å². The summed E-state index contributed by atoms with van der Waals surface area (Å²) >= 11 is 0. The lowest BCUT2D eigenvalue weighted by molar-refractivity contribution is -0.0649. The van der Waals surface area contributed by atoms with Gasteiger partial charge in [-0.05, 0) is 24.6 Å². The monoisotopic (exact) mass is 310 g/mol. The maximum absolute atomic E-state index is 13.2. The van der Waals surface area contributed by atoms with Crippen LogP contribution in [0, 0.1) is 6.92 Å². The van der Waals surface area contributed by atoms with Crippen molar-refractivity contribution in [3.05, 3.63) is 29.3 Å². The third kappa shape index (κ3) is 2.92. The largest absolute Gasteiger partial charge is 0.478 e. The Kier molecular flexibility index (Phi) is 3.80. The van der Waals surface area contributed by atoms with Gasteiger partial charge in [0.05, 0.1) is 5.56 Å². The van der Waals surface area contributed by atoms with Crippen molar-refractivity contribution in [1.29, 1.82) is 0 Å². The third-order valence-electron chi connectivity index (χ3n) is 4.72. The Labute approximate surface area is 128 Å². The fourth-order valence-electron chi connectivity index (χ4n) is 3.15.